The molecule has 1 saturated heterocycles. The van der Waals surface area contributed by atoms with E-state index in [2.05, 4.69) is 20.9 Å². The molecule has 1 aromatic heterocycles. The SMILES string of the molecule is O=C1CC(CBr)CN1c1ccccc1-n1ccnc1. The van der Waals surface area contributed by atoms with Crippen molar-refractivity contribution in [2.45, 2.75) is 6.42 Å². The topological polar surface area (TPSA) is 38.1 Å². The predicted octanol–water partition coefficient (Wildman–Crippen LogP) is 2.62. The minimum Gasteiger partial charge on any atom is -0.310 e. The van der Waals surface area contributed by atoms with E-state index in [9.17, 15) is 4.79 Å². The lowest BCUT2D eigenvalue weighted by Crippen LogP contribution is -2.25. The van der Waals surface area contributed by atoms with Gasteiger partial charge < -0.3 is 9.47 Å². The van der Waals surface area contributed by atoms with Crippen LogP contribution in [0.4, 0.5) is 5.69 Å². The molecule has 1 aliphatic heterocycles. The lowest BCUT2D eigenvalue weighted by Gasteiger charge is -2.20. The van der Waals surface area contributed by atoms with E-state index in [0.29, 0.717) is 12.3 Å². The van der Waals surface area contributed by atoms with Gasteiger partial charge >= 0.3 is 0 Å². The zero-order valence-electron chi connectivity index (χ0n) is 10.4. The number of halogens is 1. The van der Waals surface area contributed by atoms with E-state index in [1.54, 1.807) is 12.5 Å². The van der Waals surface area contributed by atoms with Gasteiger partial charge in [-0.1, -0.05) is 28.1 Å². The van der Waals surface area contributed by atoms with Crippen molar-refractivity contribution in [3.05, 3.63) is 43.0 Å². The largest absolute Gasteiger partial charge is 0.310 e. The van der Waals surface area contributed by atoms with E-state index in [1.165, 1.54) is 0 Å². The summed E-state index contributed by atoms with van der Waals surface area (Å²) in [4.78, 5) is 18.1. The van der Waals surface area contributed by atoms with Crippen LogP contribution in [0, 0.1) is 5.92 Å². The first-order valence-corrected chi connectivity index (χ1v) is 7.35. The molecule has 1 unspecified atom stereocenters. The maximum Gasteiger partial charge on any atom is 0.227 e. The summed E-state index contributed by atoms with van der Waals surface area (Å²) in [6.07, 6.45) is 6.00. The van der Waals surface area contributed by atoms with Gasteiger partial charge in [-0.25, -0.2) is 4.98 Å². The predicted molar refractivity (Wildman–Crippen MR) is 77.8 cm³/mol. The zero-order valence-corrected chi connectivity index (χ0v) is 12.0. The minimum absolute atomic E-state index is 0.192. The van der Waals surface area contributed by atoms with Gasteiger partial charge in [-0.3, -0.25) is 4.79 Å². The van der Waals surface area contributed by atoms with Crippen molar-refractivity contribution < 1.29 is 4.79 Å². The van der Waals surface area contributed by atoms with Crippen LogP contribution >= 0.6 is 15.9 Å². The molecule has 2 heterocycles. The van der Waals surface area contributed by atoms with Crippen molar-refractivity contribution in [3.8, 4) is 5.69 Å². The minimum atomic E-state index is 0.192. The molecule has 0 radical (unpaired) electrons. The molecule has 0 bridgehead atoms. The molecule has 0 aliphatic carbocycles. The van der Waals surface area contributed by atoms with Gasteiger partial charge in [-0.05, 0) is 18.1 Å². The first kappa shape index (κ1) is 12.4. The summed E-state index contributed by atoms with van der Waals surface area (Å²) in [5.41, 5.74) is 1.94. The van der Waals surface area contributed by atoms with Crippen molar-refractivity contribution in [1.29, 1.82) is 0 Å². The van der Waals surface area contributed by atoms with Gasteiger partial charge in [0.15, 0.2) is 0 Å². The van der Waals surface area contributed by atoms with Crippen molar-refractivity contribution in [3.63, 3.8) is 0 Å². The fraction of sp³-hybridized carbons (Fsp3) is 0.286. The van der Waals surface area contributed by atoms with Crippen molar-refractivity contribution in [1.82, 2.24) is 9.55 Å². The number of carbonyl (C=O) groups excluding carboxylic acids is 1. The molecule has 1 amide bonds. The van der Waals surface area contributed by atoms with E-state index in [0.717, 1.165) is 23.2 Å². The molecule has 5 heteroatoms. The maximum atomic E-state index is 12.1. The Bertz CT molecular complexity index is 582. The Morgan fingerprint density at radius 2 is 2.11 bits per heavy atom. The van der Waals surface area contributed by atoms with E-state index < -0.39 is 0 Å². The van der Waals surface area contributed by atoms with Gasteiger partial charge in [0.2, 0.25) is 5.91 Å². The molecule has 0 saturated carbocycles. The Morgan fingerprint density at radius 3 is 2.74 bits per heavy atom. The van der Waals surface area contributed by atoms with Gasteiger partial charge in [0.1, 0.15) is 0 Å². The Hall–Kier alpha value is -1.62. The summed E-state index contributed by atoms with van der Waals surface area (Å²) in [5.74, 6) is 0.584. The Kier molecular flexibility index (Phi) is 3.38. The Morgan fingerprint density at radius 1 is 1.32 bits per heavy atom. The highest BCUT2D eigenvalue weighted by Gasteiger charge is 2.31. The van der Waals surface area contributed by atoms with Crippen LogP contribution in [0.2, 0.25) is 0 Å². The average Bonchev–Trinajstić information content (AvgIpc) is 3.08. The van der Waals surface area contributed by atoms with Gasteiger partial charge in [-0.15, -0.1) is 0 Å². The molecule has 3 rings (SSSR count). The van der Waals surface area contributed by atoms with Crippen LogP contribution in [-0.4, -0.2) is 27.3 Å². The van der Waals surface area contributed by atoms with E-state index in [-0.39, 0.29) is 5.91 Å². The highest BCUT2D eigenvalue weighted by molar-refractivity contribution is 9.09. The number of para-hydroxylation sites is 2. The number of amides is 1. The summed E-state index contributed by atoms with van der Waals surface area (Å²) in [7, 11) is 0. The fourth-order valence-corrected chi connectivity index (χ4v) is 2.86. The molecule has 19 heavy (non-hydrogen) atoms. The number of nitrogens with zero attached hydrogens (tertiary/aromatic N) is 3. The summed E-state index contributed by atoms with van der Waals surface area (Å²) >= 11 is 3.47. The fourth-order valence-electron chi connectivity index (χ4n) is 2.43. The summed E-state index contributed by atoms with van der Waals surface area (Å²) < 4.78 is 1.93. The van der Waals surface area contributed by atoms with Gasteiger partial charge in [0.25, 0.3) is 0 Å². The Labute approximate surface area is 120 Å². The second kappa shape index (κ2) is 5.17. The molecule has 2 aromatic rings. The molecule has 1 aromatic carbocycles. The highest BCUT2D eigenvalue weighted by Crippen LogP contribution is 2.30. The normalized spacial score (nSPS) is 19.1. The van der Waals surface area contributed by atoms with E-state index >= 15 is 0 Å². The number of carbonyl (C=O) groups is 1. The van der Waals surface area contributed by atoms with Gasteiger partial charge in [0.05, 0.1) is 17.7 Å². The molecular formula is C14H14BrN3O. The first-order chi connectivity index (χ1) is 9.29. The summed E-state index contributed by atoms with van der Waals surface area (Å²) in [6.45, 7) is 0.774. The smallest absolute Gasteiger partial charge is 0.227 e. The van der Waals surface area contributed by atoms with E-state index in [1.807, 2.05) is 39.9 Å². The lowest BCUT2D eigenvalue weighted by molar-refractivity contribution is -0.117. The molecule has 0 spiro atoms. The van der Waals surface area contributed by atoms with Crippen molar-refractivity contribution in [2.24, 2.45) is 5.92 Å². The average molecular weight is 320 g/mol. The number of rotatable bonds is 3. The molecular weight excluding hydrogens is 306 g/mol. The first-order valence-electron chi connectivity index (χ1n) is 6.23. The van der Waals surface area contributed by atoms with E-state index in [4.69, 9.17) is 0 Å². The molecule has 4 nitrogen and oxygen atoms in total. The number of anilines is 1. The second-order valence-corrected chi connectivity index (χ2v) is 5.33. The number of hydrogen-bond acceptors (Lipinski definition) is 2. The molecule has 98 valence electrons. The second-order valence-electron chi connectivity index (χ2n) is 4.69. The Balaban J connectivity index is 2.00. The van der Waals surface area contributed by atoms with Crippen molar-refractivity contribution in [2.75, 3.05) is 16.8 Å². The third-order valence-corrected chi connectivity index (χ3v) is 4.29. The van der Waals surface area contributed by atoms with Crippen LogP contribution in [0.1, 0.15) is 6.42 Å². The molecule has 0 N–H and O–H groups in total. The third kappa shape index (κ3) is 2.30. The monoisotopic (exact) mass is 319 g/mol. The molecule has 1 fully saturated rings. The van der Waals surface area contributed by atoms with Gasteiger partial charge in [-0.2, -0.15) is 0 Å². The van der Waals surface area contributed by atoms with Crippen LogP contribution in [-0.2, 0) is 4.79 Å². The number of alkyl halides is 1. The quantitative estimate of drug-likeness (QED) is 0.816. The third-order valence-electron chi connectivity index (χ3n) is 3.38. The van der Waals surface area contributed by atoms with Crippen LogP contribution < -0.4 is 4.90 Å². The lowest BCUT2D eigenvalue weighted by atomic mass is 10.2. The number of hydrogen-bond donors (Lipinski definition) is 0. The van der Waals surface area contributed by atoms with Crippen LogP contribution in [0.15, 0.2) is 43.0 Å². The van der Waals surface area contributed by atoms with Crippen LogP contribution in [0.3, 0.4) is 0 Å². The number of imidazole rings is 1. The number of benzene rings is 1. The van der Waals surface area contributed by atoms with Gasteiger partial charge in [0, 0.05) is 30.7 Å². The number of aromatic nitrogens is 2. The van der Waals surface area contributed by atoms with Crippen LogP contribution in [0.5, 0.6) is 0 Å². The standard InChI is InChI=1S/C14H14BrN3O/c15-8-11-7-14(19)18(9-11)13-4-2-1-3-12(13)17-6-5-16-10-17/h1-6,10-11H,7-9H2. The summed E-state index contributed by atoms with van der Waals surface area (Å²) in [5, 5.41) is 0.864. The van der Waals surface area contributed by atoms with Crippen LogP contribution in [0.25, 0.3) is 5.69 Å². The van der Waals surface area contributed by atoms with Crippen molar-refractivity contribution >= 4 is 27.5 Å². The zero-order chi connectivity index (χ0) is 13.2. The highest BCUT2D eigenvalue weighted by atomic mass is 79.9. The maximum absolute atomic E-state index is 12.1. The molecule has 1 aliphatic rings. The summed E-state index contributed by atoms with van der Waals surface area (Å²) in [6, 6.07) is 7.93. The molecule has 1 atom stereocenters.